The number of nitro benzene ring substituents is 1. The largest absolute Gasteiger partial charge is 0.444 e. The van der Waals surface area contributed by atoms with Crippen LogP contribution in [0.4, 0.5) is 10.5 Å². The van der Waals surface area contributed by atoms with Gasteiger partial charge in [0.05, 0.1) is 10.2 Å². The number of aromatic nitrogens is 1. The molecule has 0 saturated carbocycles. The molecule has 140 valence electrons. The van der Waals surface area contributed by atoms with Crippen molar-refractivity contribution in [1.82, 2.24) is 9.88 Å². The molecule has 2 atom stereocenters. The number of non-ortho nitro benzene ring substituents is 1. The second-order valence-corrected chi connectivity index (χ2v) is 8.63. The molecule has 0 spiro atoms. The molecule has 1 aliphatic heterocycles. The lowest BCUT2D eigenvalue weighted by Gasteiger charge is -2.24. The summed E-state index contributed by atoms with van der Waals surface area (Å²) in [4.78, 5) is 28.1. The molecule has 9 nitrogen and oxygen atoms in total. The molecule has 3 rings (SSSR count). The number of oxazole rings is 1. The smallest absolute Gasteiger partial charge is 0.410 e. The average molecular weight is 381 g/mol. The maximum absolute atomic E-state index is 12.7. The van der Waals surface area contributed by atoms with Gasteiger partial charge in [-0.25, -0.2) is 14.0 Å². The molecule has 1 fully saturated rings. The van der Waals surface area contributed by atoms with E-state index in [1.807, 2.05) is 0 Å². The summed E-state index contributed by atoms with van der Waals surface area (Å²) in [5.41, 5.74) is -0.0887. The third kappa shape index (κ3) is 3.85. The minimum absolute atomic E-state index is 0.0107. The van der Waals surface area contributed by atoms with Crippen LogP contribution in [0.5, 0.6) is 0 Å². The van der Waals surface area contributed by atoms with Crippen LogP contribution < -0.4 is 0 Å². The van der Waals surface area contributed by atoms with Crippen molar-refractivity contribution < 1.29 is 23.1 Å². The lowest BCUT2D eigenvalue weighted by atomic mass is 10.2. The zero-order valence-electron chi connectivity index (χ0n) is 14.6. The van der Waals surface area contributed by atoms with E-state index < -0.39 is 27.4 Å². The maximum Gasteiger partial charge on any atom is 0.410 e. The Labute approximate surface area is 151 Å². The maximum atomic E-state index is 12.7. The number of likely N-dealkylation sites (tertiary alicyclic amines) is 1. The van der Waals surface area contributed by atoms with E-state index in [0.29, 0.717) is 18.5 Å². The van der Waals surface area contributed by atoms with Crippen molar-refractivity contribution >= 4 is 33.7 Å². The zero-order valence-corrected chi connectivity index (χ0v) is 15.4. The molecular weight excluding hydrogens is 362 g/mol. The molecule has 1 aliphatic rings. The van der Waals surface area contributed by atoms with Gasteiger partial charge in [0.2, 0.25) is 0 Å². The molecule has 1 saturated heterocycles. The van der Waals surface area contributed by atoms with Crippen molar-refractivity contribution in [2.24, 2.45) is 0 Å². The Kier molecular flexibility index (Phi) is 4.70. The topological polar surface area (TPSA) is 116 Å². The number of fused-ring (bicyclic) bond motifs is 1. The molecule has 1 aromatic heterocycles. The molecule has 0 bridgehead atoms. The second kappa shape index (κ2) is 6.67. The first kappa shape index (κ1) is 18.3. The summed E-state index contributed by atoms with van der Waals surface area (Å²) in [6.07, 6.45) is 0.0928. The summed E-state index contributed by atoms with van der Waals surface area (Å²) in [6.45, 7) is 6.08. The van der Waals surface area contributed by atoms with Crippen molar-refractivity contribution in [3.8, 4) is 0 Å². The highest BCUT2D eigenvalue weighted by atomic mass is 32.2. The molecule has 0 radical (unpaired) electrons. The predicted molar refractivity (Wildman–Crippen MR) is 93.3 cm³/mol. The van der Waals surface area contributed by atoms with E-state index in [-0.39, 0.29) is 28.2 Å². The van der Waals surface area contributed by atoms with Gasteiger partial charge in [0.1, 0.15) is 21.9 Å². The summed E-state index contributed by atoms with van der Waals surface area (Å²) in [5, 5.41) is 10.5. The SMILES string of the molecule is CC(C)(C)OC(=O)N1CC[C@H](S(=O)c2nc3cc([N+](=O)[O-])ccc3o2)C1. The van der Waals surface area contributed by atoms with Gasteiger partial charge < -0.3 is 14.1 Å². The van der Waals surface area contributed by atoms with Crippen LogP contribution in [-0.2, 0) is 15.5 Å². The van der Waals surface area contributed by atoms with Crippen LogP contribution in [0.15, 0.2) is 27.8 Å². The number of carbonyl (C=O) groups excluding carboxylic acids is 1. The molecule has 0 aliphatic carbocycles. The lowest BCUT2D eigenvalue weighted by molar-refractivity contribution is -0.384. The van der Waals surface area contributed by atoms with Crippen molar-refractivity contribution in [3.63, 3.8) is 0 Å². The van der Waals surface area contributed by atoms with E-state index in [2.05, 4.69) is 4.98 Å². The Morgan fingerprint density at radius 1 is 1.46 bits per heavy atom. The Morgan fingerprint density at radius 2 is 2.19 bits per heavy atom. The van der Waals surface area contributed by atoms with Gasteiger partial charge in [-0.1, -0.05) is 0 Å². The highest BCUT2D eigenvalue weighted by molar-refractivity contribution is 7.85. The van der Waals surface area contributed by atoms with Crippen LogP contribution >= 0.6 is 0 Å². The van der Waals surface area contributed by atoms with E-state index in [4.69, 9.17) is 9.15 Å². The van der Waals surface area contributed by atoms with Crippen molar-refractivity contribution in [2.75, 3.05) is 13.1 Å². The van der Waals surface area contributed by atoms with E-state index >= 15 is 0 Å². The third-order valence-electron chi connectivity index (χ3n) is 3.83. The van der Waals surface area contributed by atoms with E-state index in [9.17, 15) is 19.1 Å². The second-order valence-electron chi connectivity index (χ2n) is 7.02. The minimum Gasteiger partial charge on any atom is -0.444 e. The van der Waals surface area contributed by atoms with Gasteiger partial charge in [-0.15, -0.1) is 0 Å². The molecule has 1 aromatic carbocycles. The van der Waals surface area contributed by atoms with Crippen molar-refractivity contribution in [2.45, 2.75) is 43.3 Å². The average Bonchev–Trinajstić information content (AvgIpc) is 3.18. The Hall–Kier alpha value is -2.49. The first-order valence-corrected chi connectivity index (χ1v) is 9.29. The van der Waals surface area contributed by atoms with Gasteiger partial charge in [-0.2, -0.15) is 0 Å². The fourth-order valence-electron chi connectivity index (χ4n) is 2.63. The van der Waals surface area contributed by atoms with Gasteiger partial charge in [0.25, 0.3) is 10.9 Å². The standard InChI is InChI=1S/C16H19N3O6S/c1-16(2,3)25-15(20)18-7-6-11(9-18)26(23)14-17-12-8-10(19(21)22)4-5-13(12)24-14/h4-5,8,11H,6-7,9H2,1-3H3/t11-,26?/m0/s1. The van der Waals surface area contributed by atoms with Gasteiger partial charge in [-0.05, 0) is 33.3 Å². The van der Waals surface area contributed by atoms with Gasteiger partial charge in [0.15, 0.2) is 5.58 Å². The van der Waals surface area contributed by atoms with Gasteiger partial charge >= 0.3 is 6.09 Å². The van der Waals surface area contributed by atoms with Crippen LogP contribution in [-0.4, -0.2) is 49.0 Å². The molecule has 26 heavy (non-hydrogen) atoms. The predicted octanol–water partition coefficient (Wildman–Crippen LogP) is 2.85. The van der Waals surface area contributed by atoms with E-state index in [0.717, 1.165) is 0 Å². The first-order chi connectivity index (χ1) is 12.1. The number of hydrogen-bond donors (Lipinski definition) is 0. The van der Waals surface area contributed by atoms with Gasteiger partial charge in [0, 0.05) is 25.2 Å². The number of benzene rings is 1. The summed E-state index contributed by atoms with van der Waals surface area (Å²) < 4.78 is 23.5. The normalized spacial score (nSPS) is 18.9. The lowest BCUT2D eigenvalue weighted by Crippen LogP contribution is -2.36. The molecule has 2 heterocycles. The fraction of sp³-hybridized carbons (Fsp3) is 0.500. The Morgan fingerprint density at radius 3 is 2.85 bits per heavy atom. The molecule has 2 aromatic rings. The molecule has 0 N–H and O–H groups in total. The number of rotatable bonds is 3. The number of amides is 1. The highest BCUT2D eigenvalue weighted by Crippen LogP contribution is 2.26. The van der Waals surface area contributed by atoms with Gasteiger partial charge in [-0.3, -0.25) is 10.1 Å². The zero-order chi connectivity index (χ0) is 19.1. The fourth-order valence-corrected chi connectivity index (χ4v) is 3.91. The van der Waals surface area contributed by atoms with Crippen LogP contribution in [0, 0.1) is 10.1 Å². The summed E-state index contributed by atoms with van der Waals surface area (Å²) >= 11 is 0. The number of ether oxygens (including phenoxy) is 1. The summed E-state index contributed by atoms with van der Waals surface area (Å²) in [5.74, 6) is 0. The Balaban J connectivity index is 1.73. The molecule has 1 amide bonds. The van der Waals surface area contributed by atoms with E-state index in [1.54, 1.807) is 20.8 Å². The number of carbonyl (C=O) groups is 1. The van der Waals surface area contributed by atoms with Crippen LogP contribution in [0.3, 0.4) is 0 Å². The number of hydrogen-bond acceptors (Lipinski definition) is 7. The number of nitro groups is 1. The Bertz CT molecular complexity index is 888. The van der Waals surface area contributed by atoms with E-state index in [1.165, 1.54) is 23.1 Å². The quantitative estimate of drug-likeness (QED) is 0.593. The molecule has 1 unspecified atom stereocenters. The highest BCUT2D eigenvalue weighted by Gasteiger charge is 2.35. The van der Waals surface area contributed by atoms with Crippen molar-refractivity contribution in [3.05, 3.63) is 28.3 Å². The van der Waals surface area contributed by atoms with Crippen molar-refractivity contribution in [1.29, 1.82) is 0 Å². The molecule has 10 heteroatoms. The summed E-state index contributed by atoms with van der Waals surface area (Å²) in [6, 6.07) is 4.02. The van der Waals surface area contributed by atoms with Crippen LogP contribution in [0.1, 0.15) is 27.2 Å². The molecular formula is C16H19N3O6S. The summed E-state index contributed by atoms with van der Waals surface area (Å²) in [7, 11) is -1.57. The monoisotopic (exact) mass is 381 g/mol. The van der Waals surface area contributed by atoms with Crippen LogP contribution in [0.2, 0.25) is 0 Å². The van der Waals surface area contributed by atoms with Crippen LogP contribution in [0.25, 0.3) is 11.1 Å². The number of nitrogens with zero attached hydrogens (tertiary/aromatic N) is 3. The minimum atomic E-state index is -1.57. The first-order valence-electron chi connectivity index (χ1n) is 8.07. The third-order valence-corrected chi connectivity index (χ3v) is 5.34.